The van der Waals surface area contributed by atoms with E-state index in [-0.39, 0.29) is 5.41 Å². The first-order chi connectivity index (χ1) is 6.42. The highest BCUT2D eigenvalue weighted by atomic mass is 16.3. The SMILES string of the molecule is CC(C)(CN)C(C)(O)c1ccccc1. The van der Waals surface area contributed by atoms with Crippen molar-refractivity contribution in [3.05, 3.63) is 35.9 Å². The molecule has 1 atom stereocenters. The van der Waals surface area contributed by atoms with Crippen molar-refractivity contribution in [3.8, 4) is 0 Å². The quantitative estimate of drug-likeness (QED) is 0.770. The zero-order valence-electron chi connectivity index (χ0n) is 9.12. The summed E-state index contributed by atoms with van der Waals surface area (Å²) in [6.07, 6.45) is 0. The predicted octanol–water partition coefficient (Wildman–Crippen LogP) is 1.88. The molecule has 3 N–H and O–H groups in total. The molecule has 1 unspecified atom stereocenters. The number of rotatable bonds is 3. The Hall–Kier alpha value is -0.860. The molecule has 0 amide bonds. The van der Waals surface area contributed by atoms with E-state index in [0.717, 1.165) is 5.56 Å². The Morgan fingerprint density at radius 3 is 2.07 bits per heavy atom. The summed E-state index contributed by atoms with van der Waals surface area (Å²) in [7, 11) is 0. The van der Waals surface area contributed by atoms with Gasteiger partial charge < -0.3 is 10.8 Å². The molecule has 0 bridgehead atoms. The molecule has 0 radical (unpaired) electrons. The van der Waals surface area contributed by atoms with Crippen LogP contribution < -0.4 is 5.73 Å². The Kier molecular flexibility index (Phi) is 2.98. The standard InChI is InChI=1S/C12H19NO/c1-11(2,9-13)12(3,14)10-7-5-4-6-8-10/h4-8,14H,9,13H2,1-3H3. The van der Waals surface area contributed by atoms with E-state index in [0.29, 0.717) is 6.54 Å². The summed E-state index contributed by atoms with van der Waals surface area (Å²) in [5.41, 5.74) is 5.37. The zero-order chi connectivity index (χ0) is 10.8. The lowest BCUT2D eigenvalue weighted by molar-refractivity contribution is -0.0521. The number of aliphatic hydroxyl groups is 1. The van der Waals surface area contributed by atoms with Crippen molar-refractivity contribution in [1.29, 1.82) is 0 Å². The van der Waals surface area contributed by atoms with Gasteiger partial charge in [0.15, 0.2) is 0 Å². The average Bonchev–Trinajstić information content (AvgIpc) is 2.19. The maximum absolute atomic E-state index is 10.4. The second-order valence-electron chi connectivity index (χ2n) is 4.53. The molecule has 0 aromatic heterocycles. The summed E-state index contributed by atoms with van der Waals surface area (Å²) < 4.78 is 0. The summed E-state index contributed by atoms with van der Waals surface area (Å²) in [5.74, 6) is 0. The summed E-state index contributed by atoms with van der Waals surface area (Å²) >= 11 is 0. The van der Waals surface area contributed by atoms with Gasteiger partial charge >= 0.3 is 0 Å². The lowest BCUT2D eigenvalue weighted by Crippen LogP contribution is -2.44. The van der Waals surface area contributed by atoms with Crippen LogP contribution >= 0.6 is 0 Å². The average molecular weight is 193 g/mol. The van der Waals surface area contributed by atoms with E-state index >= 15 is 0 Å². The second-order valence-corrected chi connectivity index (χ2v) is 4.53. The Morgan fingerprint density at radius 2 is 1.64 bits per heavy atom. The van der Waals surface area contributed by atoms with Gasteiger partial charge in [0.1, 0.15) is 0 Å². The fourth-order valence-electron chi connectivity index (χ4n) is 1.35. The van der Waals surface area contributed by atoms with Crippen molar-refractivity contribution in [2.45, 2.75) is 26.4 Å². The van der Waals surface area contributed by atoms with Crippen LogP contribution in [0, 0.1) is 5.41 Å². The van der Waals surface area contributed by atoms with Gasteiger partial charge in [-0.3, -0.25) is 0 Å². The first-order valence-corrected chi connectivity index (χ1v) is 4.90. The number of benzene rings is 1. The lowest BCUT2D eigenvalue weighted by Gasteiger charge is -2.39. The number of hydrogen-bond donors (Lipinski definition) is 2. The van der Waals surface area contributed by atoms with Gasteiger partial charge in [0.25, 0.3) is 0 Å². The van der Waals surface area contributed by atoms with E-state index in [1.165, 1.54) is 0 Å². The maximum atomic E-state index is 10.4. The van der Waals surface area contributed by atoms with Crippen LogP contribution in [0.3, 0.4) is 0 Å². The van der Waals surface area contributed by atoms with Crippen LogP contribution in [-0.4, -0.2) is 11.7 Å². The molecule has 0 aliphatic rings. The number of hydrogen-bond acceptors (Lipinski definition) is 2. The Bertz CT molecular complexity index is 290. The first kappa shape index (κ1) is 11.2. The summed E-state index contributed by atoms with van der Waals surface area (Å²) in [6, 6.07) is 9.65. The van der Waals surface area contributed by atoms with Crippen LogP contribution in [-0.2, 0) is 5.60 Å². The van der Waals surface area contributed by atoms with Crippen molar-refractivity contribution in [1.82, 2.24) is 0 Å². The van der Waals surface area contributed by atoms with Crippen molar-refractivity contribution in [2.75, 3.05) is 6.54 Å². The third kappa shape index (κ3) is 1.81. The van der Waals surface area contributed by atoms with E-state index in [4.69, 9.17) is 5.73 Å². The van der Waals surface area contributed by atoms with Crippen LogP contribution in [0.15, 0.2) is 30.3 Å². The van der Waals surface area contributed by atoms with E-state index in [9.17, 15) is 5.11 Å². The van der Waals surface area contributed by atoms with Crippen molar-refractivity contribution >= 4 is 0 Å². The minimum Gasteiger partial charge on any atom is -0.385 e. The van der Waals surface area contributed by atoms with Gasteiger partial charge in [-0.25, -0.2) is 0 Å². The Balaban J connectivity index is 3.08. The molecule has 0 heterocycles. The zero-order valence-corrected chi connectivity index (χ0v) is 9.12. The maximum Gasteiger partial charge on any atom is 0.0931 e. The largest absolute Gasteiger partial charge is 0.385 e. The van der Waals surface area contributed by atoms with Crippen molar-refractivity contribution in [2.24, 2.45) is 11.1 Å². The van der Waals surface area contributed by atoms with Gasteiger partial charge in [-0.15, -0.1) is 0 Å². The monoisotopic (exact) mass is 193 g/mol. The molecule has 0 saturated heterocycles. The molecule has 0 aliphatic carbocycles. The van der Waals surface area contributed by atoms with E-state index in [2.05, 4.69) is 0 Å². The Morgan fingerprint density at radius 1 is 1.14 bits per heavy atom. The van der Waals surface area contributed by atoms with E-state index < -0.39 is 5.60 Å². The number of nitrogens with two attached hydrogens (primary N) is 1. The topological polar surface area (TPSA) is 46.2 Å². The summed E-state index contributed by atoms with van der Waals surface area (Å²) in [4.78, 5) is 0. The minimum atomic E-state index is -0.886. The molecule has 14 heavy (non-hydrogen) atoms. The van der Waals surface area contributed by atoms with Gasteiger partial charge in [-0.05, 0) is 12.5 Å². The molecule has 2 nitrogen and oxygen atoms in total. The molecule has 1 aromatic carbocycles. The molecular formula is C12H19NO. The molecule has 1 rings (SSSR count). The fraction of sp³-hybridized carbons (Fsp3) is 0.500. The van der Waals surface area contributed by atoms with Crippen LogP contribution in [0.5, 0.6) is 0 Å². The highest BCUT2D eigenvalue weighted by Gasteiger charge is 2.39. The van der Waals surface area contributed by atoms with Crippen LogP contribution in [0.1, 0.15) is 26.3 Å². The lowest BCUT2D eigenvalue weighted by atomic mass is 9.72. The first-order valence-electron chi connectivity index (χ1n) is 4.90. The highest BCUT2D eigenvalue weighted by Crippen LogP contribution is 2.38. The van der Waals surface area contributed by atoms with Gasteiger partial charge in [0.05, 0.1) is 5.60 Å². The van der Waals surface area contributed by atoms with Crippen LogP contribution in [0.25, 0.3) is 0 Å². The predicted molar refractivity (Wildman–Crippen MR) is 58.8 cm³/mol. The molecule has 0 spiro atoms. The molecule has 78 valence electrons. The van der Waals surface area contributed by atoms with E-state index in [1.54, 1.807) is 0 Å². The van der Waals surface area contributed by atoms with Gasteiger partial charge in [0, 0.05) is 12.0 Å². The van der Waals surface area contributed by atoms with Crippen LogP contribution in [0.4, 0.5) is 0 Å². The summed E-state index contributed by atoms with van der Waals surface area (Å²) in [6.45, 7) is 6.21. The molecule has 0 aliphatic heterocycles. The van der Waals surface area contributed by atoms with Gasteiger partial charge in [-0.1, -0.05) is 44.2 Å². The minimum absolute atomic E-state index is 0.325. The van der Waals surface area contributed by atoms with Crippen LogP contribution in [0.2, 0.25) is 0 Å². The smallest absolute Gasteiger partial charge is 0.0931 e. The fourth-order valence-corrected chi connectivity index (χ4v) is 1.35. The van der Waals surface area contributed by atoms with Crippen molar-refractivity contribution < 1.29 is 5.11 Å². The van der Waals surface area contributed by atoms with E-state index in [1.807, 2.05) is 51.1 Å². The normalized spacial score (nSPS) is 16.4. The highest BCUT2D eigenvalue weighted by molar-refractivity contribution is 5.23. The third-order valence-electron chi connectivity index (χ3n) is 3.16. The van der Waals surface area contributed by atoms with Gasteiger partial charge in [-0.2, -0.15) is 0 Å². The molecule has 0 fully saturated rings. The van der Waals surface area contributed by atoms with Crippen molar-refractivity contribution in [3.63, 3.8) is 0 Å². The summed E-state index contributed by atoms with van der Waals surface area (Å²) in [5, 5.41) is 10.4. The Labute approximate surface area is 85.8 Å². The molecule has 2 heteroatoms. The molecule has 0 saturated carbocycles. The van der Waals surface area contributed by atoms with Gasteiger partial charge in [0.2, 0.25) is 0 Å². The molecular weight excluding hydrogens is 174 g/mol. The third-order valence-corrected chi connectivity index (χ3v) is 3.16. The molecule has 1 aromatic rings. The second kappa shape index (κ2) is 3.71.